The Morgan fingerprint density at radius 2 is 1.11 bits per heavy atom. The molecule has 0 atom stereocenters. The summed E-state index contributed by atoms with van der Waals surface area (Å²) >= 11 is 0. The van der Waals surface area contributed by atoms with Crippen LogP contribution in [0.5, 0.6) is 0 Å². The molecule has 96 valence electrons. The van der Waals surface area contributed by atoms with Gasteiger partial charge < -0.3 is 4.57 Å². The molecule has 2 rings (SSSR count). The zero-order valence-corrected chi connectivity index (χ0v) is 11.8. The van der Waals surface area contributed by atoms with E-state index in [1.807, 2.05) is 13.8 Å². The molecular weight excluding hydrogens is 226 g/mol. The normalized spacial score (nSPS) is 15.7. The predicted molar refractivity (Wildman–Crippen MR) is 71.3 cm³/mol. The molecule has 0 N–H and O–H groups in total. The van der Waals surface area contributed by atoms with E-state index in [9.17, 15) is 9.59 Å². The van der Waals surface area contributed by atoms with Gasteiger partial charge in [0.1, 0.15) is 0 Å². The molecule has 0 aliphatic heterocycles. The van der Waals surface area contributed by atoms with E-state index < -0.39 is 0 Å². The van der Waals surface area contributed by atoms with Crippen LogP contribution in [-0.2, 0) is 0 Å². The van der Waals surface area contributed by atoms with Gasteiger partial charge in [-0.3, -0.25) is 9.59 Å². The van der Waals surface area contributed by atoms with Crippen molar-refractivity contribution in [3.05, 3.63) is 33.7 Å². The van der Waals surface area contributed by atoms with Crippen LogP contribution in [0.4, 0.5) is 0 Å². The second-order valence-corrected chi connectivity index (χ2v) is 5.29. The van der Waals surface area contributed by atoms with Crippen molar-refractivity contribution in [1.82, 2.24) is 4.57 Å². The molecule has 1 aliphatic rings. The highest BCUT2D eigenvalue weighted by molar-refractivity contribution is 6.27. The summed E-state index contributed by atoms with van der Waals surface area (Å²) < 4.78 is 2.08. The Morgan fingerprint density at radius 3 is 1.39 bits per heavy atom. The fourth-order valence-corrected chi connectivity index (χ4v) is 2.90. The Balaban J connectivity index is 2.84. The summed E-state index contributed by atoms with van der Waals surface area (Å²) in [4.78, 5) is 24.7. The van der Waals surface area contributed by atoms with E-state index >= 15 is 0 Å². The third-order valence-corrected chi connectivity index (χ3v) is 3.91. The van der Waals surface area contributed by atoms with E-state index in [1.54, 1.807) is 13.8 Å². The highest BCUT2D eigenvalue weighted by Crippen LogP contribution is 2.34. The number of rotatable bonds is 1. The van der Waals surface area contributed by atoms with Crippen LogP contribution in [0.2, 0.25) is 0 Å². The number of nitrogens with zero attached hydrogens (tertiary/aromatic N) is 1. The fraction of sp³-hybridized carbons (Fsp3) is 0.467. The second kappa shape index (κ2) is 3.94. The number of allylic oxidation sites excluding steroid dienone is 2. The quantitative estimate of drug-likeness (QED) is 0.760. The van der Waals surface area contributed by atoms with Gasteiger partial charge in [0, 0.05) is 28.6 Å². The van der Waals surface area contributed by atoms with Gasteiger partial charge in [-0.1, -0.05) is 0 Å². The number of fused-ring (bicyclic) bond motifs is 1. The smallest absolute Gasteiger partial charge is 0.191 e. The fourth-order valence-electron chi connectivity index (χ4n) is 2.90. The van der Waals surface area contributed by atoms with E-state index in [4.69, 9.17) is 0 Å². The highest BCUT2D eigenvalue weighted by atomic mass is 16.1. The van der Waals surface area contributed by atoms with Crippen LogP contribution in [0.25, 0.3) is 0 Å². The van der Waals surface area contributed by atoms with Crippen molar-refractivity contribution in [2.75, 3.05) is 0 Å². The zero-order chi connectivity index (χ0) is 13.8. The maximum atomic E-state index is 12.4. The van der Waals surface area contributed by atoms with Crippen LogP contribution >= 0.6 is 0 Å². The molecule has 1 heterocycles. The highest BCUT2D eigenvalue weighted by Gasteiger charge is 2.34. The summed E-state index contributed by atoms with van der Waals surface area (Å²) in [6.07, 6.45) is 0. The van der Waals surface area contributed by atoms with Crippen LogP contribution < -0.4 is 0 Å². The van der Waals surface area contributed by atoms with Crippen LogP contribution in [0, 0.1) is 13.8 Å². The molecule has 3 nitrogen and oxygen atoms in total. The summed E-state index contributed by atoms with van der Waals surface area (Å²) in [7, 11) is 0. The maximum absolute atomic E-state index is 12.4. The Bertz CT molecular complexity index is 553. The van der Waals surface area contributed by atoms with E-state index in [-0.39, 0.29) is 17.6 Å². The molecule has 1 aliphatic carbocycles. The molecule has 0 aromatic carbocycles. The van der Waals surface area contributed by atoms with Gasteiger partial charge in [-0.25, -0.2) is 0 Å². The van der Waals surface area contributed by atoms with Gasteiger partial charge in [-0.05, 0) is 41.5 Å². The molecule has 1 aromatic heterocycles. The average molecular weight is 245 g/mol. The topological polar surface area (TPSA) is 39.1 Å². The Morgan fingerprint density at radius 1 is 0.778 bits per heavy atom. The van der Waals surface area contributed by atoms with Crippen molar-refractivity contribution < 1.29 is 9.59 Å². The first-order chi connectivity index (χ1) is 8.29. The van der Waals surface area contributed by atoms with Crippen LogP contribution in [-0.4, -0.2) is 16.1 Å². The number of Topliss-reactive ketones (excluding diaryl/α,β-unsaturated/α-hetero) is 2. The van der Waals surface area contributed by atoms with Crippen molar-refractivity contribution in [1.29, 1.82) is 0 Å². The van der Waals surface area contributed by atoms with Crippen molar-refractivity contribution in [2.45, 2.75) is 47.6 Å². The van der Waals surface area contributed by atoms with Gasteiger partial charge in [0.15, 0.2) is 11.6 Å². The van der Waals surface area contributed by atoms with Crippen LogP contribution in [0.3, 0.4) is 0 Å². The lowest BCUT2D eigenvalue weighted by Gasteiger charge is -2.14. The first kappa shape index (κ1) is 12.8. The number of carbonyl (C=O) groups excluding carboxylic acids is 2. The lowest BCUT2D eigenvalue weighted by molar-refractivity contribution is 0.0975. The van der Waals surface area contributed by atoms with Gasteiger partial charge in [0.05, 0.1) is 11.1 Å². The minimum Gasteiger partial charge on any atom is -0.345 e. The Labute approximate surface area is 107 Å². The first-order valence-electron chi connectivity index (χ1n) is 6.27. The minimum absolute atomic E-state index is 0.00194. The third-order valence-electron chi connectivity index (χ3n) is 3.91. The zero-order valence-electron chi connectivity index (χ0n) is 11.8. The second-order valence-electron chi connectivity index (χ2n) is 5.29. The molecule has 1 aromatic rings. The Kier molecular flexibility index (Phi) is 2.80. The van der Waals surface area contributed by atoms with Crippen molar-refractivity contribution >= 4 is 11.6 Å². The van der Waals surface area contributed by atoms with Gasteiger partial charge >= 0.3 is 0 Å². The first-order valence-corrected chi connectivity index (χ1v) is 6.27. The molecule has 0 amide bonds. The van der Waals surface area contributed by atoms with Crippen LogP contribution in [0.15, 0.2) is 11.1 Å². The van der Waals surface area contributed by atoms with Gasteiger partial charge in [-0.15, -0.1) is 0 Å². The lowest BCUT2D eigenvalue weighted by atomic mass is 9.86. The third kappa shape index (κ3) is 1.43. The molecule has 0 saturated carbocycles. The average Bonchev–Trinajstić information content (AvgIpc) is 2.55. The lowest BCUT2D eigenvalue weighted by Crippen LogP contribution is -2.19. The maximum Gasteiger partial charge on any atom is 0.191 e. The minimum atomic E-state index is 0.00194. The molecular formula is C15H19NO2. The molecule has 0 spiro atoms. The Hall–Kier alpha value is -1.64. The standard InChI is InChI=1S/C15H19NO2/c1-7(2)16-10(5)12-13(11(16)6)15(18)9(4)8(3)14(12)17/h7H,1-6H3. The van der Waals surface area contributed by atoms with Crippen molar-refractivity contribution in [2.24, 2.45) is 0 Å². The molecule has 0 unspecified atom stereocenters. The number of hydrogen-bond donors (Lipinski definition) is 0. The molecule has 0 fully saturated rings. The van der Waals surface area contributed by atoms with E-state index in [1.165, 1.54) is 0 Å². The van der Waals surface area contributed by atoms with Gasteiger partial charge in [0.2, 0.25) is 0 Å². The number of aromatic nitrogens is 1. The summed E-state index contributed by atoms with van der Waals surface area (Å²) in [5.41, 5.74) is 4.18. The van der Waals surface area contributed by atoms with E-state index in [0.29, 0.717) is 22.3 Å². The summed E-state index contributed by atoms with van der Waals surface area (Å²) in [6.45, 7) is 11.4. The van der Waals surface area contributed by atoms with Crippen molar-refractivity contribution in [3.63, 3.8) is 0 Å². The van der Waals surface area contributed by atoms with Gasteiger partial charge in [-0.2, -0.15) is 0 Å². The SMILES string of the molecule is CC1=C(C)C(=O)c2c(c(C)n(C(C)C)c2C)C1=O. The summed E-state index contributed by atoms with van der Waals surface area (Å²) in [5, 5.41) is 0. The molecule has 18 heavy (non-hydrogen) atoms. The molecule has 0 saturated heterocycles. The van der Waals surface area contributed by atoms with Crippen molar-refractivity contribution in [3.8, 4) is 0 Å². The molecule has 3 heteroatoms. The van der Waals surface area contributed by atoms with E-state index in [0.717, 1.165) is 11.4 Å². The summed E-state index contributed by atoms with van der Waals surface area (Å²) in [6, 6.07) is 0.247. The van der Waals surface area contributed by atoms with Gasteiger partial charge in [0.25, 0.3) is 0 Å². The number of carbonyl (C=O) groups is 2. The largest absolute Gasteiger partial charge is 0.345 e. The van der Waals surface area contributed by atoms with Crippen LogP contribution in [0.1, 0.15) is 65.8 Å². The number of ketones is 2. The number of hydrogen-bond acceptors (Lipinski definition) is 2. The van der Waals surface area contributed by atoms with E-state index in [2.05, 4.69) is 18.4 Å². The summed E-state index contributed by atoms with van der Waals surface area (Å²) in [5.74, 6) is 0.00389. The predicted octanol–water partition coefficient (Wildman–Crippen LogP) is 3.40. The monoisotopic (exact) mass is 245 g/mol. The molecule has 0 bridgehead atoms. The molecule has 0 radical (unpaired) electrons.